The van der Waals surface area contributed by atoms with E-state index >= 15 is 0 Å². The van der Waals surface area contributed by atoms with Gasteiger partial charge in [-0.25, -0.2) is 4.98 Å². The third-order valence-electron chi connectivity index (χ3n) is 4.74. The van der Waals surface area contributed by atoms with E-state index in [-0.39, 0.29) is 5.92 Å². The van der Waals surface area contributed by atoms with Crippen LogP contribution in [0.15, 0.2) is 70.4 Å². The van der Waals surface area contributed by atoms with Crippen LogP contribution in [0.25, 0.3) is 0 Å². The van der Waals surface area contributed by atoms with Crippen LogP contribution in [0.1, 0.15) is 40.2 Å². The topological polar surface area (TPSA) is 45.5 Å². The Morgan fingerprint density at radius 1 is 1.11 bits per heavy atom. The summed E-state index contributed by atoms with van der Waals surface area (Å²) >= 11 is 3.47. The Labute approximate surface area is 166 Å². The molecule has 2 aromatic carbocycles. The van der Waals surface area contributed by atoms with Gasteiger partial charge >= 0.3 is 0 Å². The number of rotatable bonds is 5. The van der Waals surface area contributed by atoms with Crippen molar-refractivity contribution in [1.82, 2.24) is 4.98 Å². The van der Waals surface area contributed by atoms with Crippen LogP contribution < -0.4 is 0 Å². The molecule has 1 heterocycles. The lowest BCUT2D eigenvalue weighted by atomic mass is 9.83. The largest absolute Gasteiger partial charge is 0.411 e. The molecule has 1 aromatic heterocycles. The van der Waals surface area contributed by atoms with Gasteiger partial charge in [0, 0.05) is 34.6 Å². The minimum atomic E-state index is -0.590. The van der Waals surface area contributed by atoms with Crippen molar-refractivity contribution < 1.29 is 9.60 Å². The smallest absolute Gasteiger partial charge is 0.213 e. The Kier molecular flexibility index (Phi) is 6.01. The first kappa shape index (κ1) is 19.2. The SMILES string of the molecule is Cc1cnc(F)cc1/C(CC(c1ccc(Br)cc1)c1ccccc1C)=N\O. The average molecular weight is 427 g/mol. The first-order valence-corrected chi connectivity index (χ1v) is 9.43. The number of hydrogen-bond acceptors (Lipinski definition) is 3. The molecule has 0 radical (unpaired) electrons. The van der Waals surface area contributed by atoms with E-state index < -0.39 is 5.95 Å². The Balaban J connectivity index is 2.06. The summed E-state index contributed by atoms with van der Waals surface area (Å²) in [7, 11) is 0. The van der Waals surface area contributed by atoms with E-state index in [4.69, 9.17) is 0 Å². The van der Waals surface area contributed by atoms with Crippen LogP contribution in [0, 0.1) is 19.8 Å². The van der Waals surface area contributed by atoms with Crippen LogP contribution in [0.3, 0.4) is 0 Å². The highest BCUT2D eigenvalue weighted by Crippen LogP contribution is 2.33. The molecule has 1 unspecified atom stereocenters. The lowest BCUT2D eigenvalue weighted by molar-refractivity contribution is 0.317. The standard InChI is InChI=1S/C22H20BrFN2O/c1-14-5-3-4-6-18(14)20(16-7-9-17(23)10-8-16)11-21(26-27)19-12-22(24)25-13-15(19)2/h3-10,12-13,20,27H,11H2,1-2H3/b26-21-. The van der Waals surface area contributed by atoms with Gasteiger partial charge < -0.3 is 5.21 Å². The maximum Gasteiger partial charge on any atom is 0.213 e. The maximum absolute atomic E-state index is 13.7. The van der Waals surface area contributed by atoms with E-state index in [1.54, 1.807) is 0 Å². The molecule has 0 fully saturated rings. The lowest BCUT2D eigenvalue weighted by Crippen LogP contribution is -2.13. The number of benzene rings is 2. The van der Waals surface area contributed by atoms with Crippen molar-refractivity contribution in [3.63, 3.8) is 0 Å². The van der Waals surface area contributed by atoms with Gasteiger partial charge in [-0.2, -0.15) is 4.39 Å². The Morgan fingerprint density at radius 2 is 1.81 bits per heavy atom. The quantitative estimate of drug-likeness (QED) is 0.235. The zero-order valence-electron chi connectivity index (χ0n) is 15.2. The minimum Gasteiger partial charge on any atom is -0.411 e. The molecule has 0 aliphatic carbocycles. The molecule has 3 rings (SSSR count). The van der Waals surface area contributed by atoms with Gasteiger partial charge in [0.15, 0.2) is 0 Å². The third kappa shape index (κ3) is 4.42. The highest BCUT2D eigenvalue weighted by atomic mass is 79.9. The van der Waals surface area contributed by atoms with Crippen LogP contribution in [-0.4, -0.2) is 15.9 Å². The first-order valence-electron chi connectivity index (χ1n) is 8.64. The fraction of sp³-hybridized carbons (Fsp3) is 0.182. The summed E-state index contributed by atoms with van der Waals surface area (Å²) in [5, 5.41) is 13.2. The summed E-state index contributed by atoms with van der Waals surface area (Å²) in [6.45, 7) is 3.89. The second-order valence-electron chi connectivity index (χ2n) is 6.53. The van der Waals surface area contributed by atoms with E-state index in [9.17, 15) is 9.60 Å². The average Bonchev–Trinajstić information content (AvgIpc) is 2.67. The molecule has 0 saturated carbocycles. The fourth-order valence-electron chi connectivity index (χ4n) is 3.29. The monoisotopic (exact) mass is 426 g/mol. The second-order valence-corrected chi connectivity index (χ2v) is 7.45. The predicted octanol–water partition coefficient (Wildman–Crippen LogP) is 6.00. The number of halogens is 2. The molecular weight excluding hydrogens is 407 g/mol. The van der Waals surface area contributed by atoms with Gasteiger partial charge in [-0.15, -0.1) is 0 Å². The zero-order valence-corrected chi connectivity index (χ0v) is 16.7. The zero-order chi connectivity index (χ0) is 19.4. The summed E-state index contributed by atoms with van der Waals surface area (Å²) < 4.78 is 14.7. The molecule has 0 aliphatic rings. The maximum atomic E-state index is 13.7. The number of oxime groups is 1. The lowest BCUT2D eigenvalue weighted by Gasteiger charge is -2.21. The first-order chi connectivity index (χ1) is 13.0. The van der Waals surface area contributed by atoms with Gasteiger partial charge in [0.1, 0.15) is 0 Å². The van der Waals surface area contributed by atoms with Gasteiger partial charge in [0.25, 0.3) is 0 Å². The molecule has 5 heteroatoms. The van der Waals surface area contributed by atoms with Gasteiger partial charge in [-0.3, -0.25) is 0 Å². The van der Waals surface area contributed by atoms with E-state index in [2.05, 4.69) is 57.3 Å². The fourth-order valence-corrected chi connectivity index (χ4v) is 3.55. The molecular formula is C22H20BrFN2O. The van der Waals surface area contributed by atoms with E-state index in [1.807, 2.05) is 31.2 Å². The molecule has 27 heavy (non-hydrogen) atoms. The summed E-state index contributed by atoms with van der Waals surface area (Å²) in [4.78, 5) is 3.67. The predicted molar refractivity (Wildman–Crippen MR) is 109 cm³/mol. The van der Waals surface area contributed by atoms with Crippen LogP contribution in [0.2, 0.25) is 0 Å². The van der Waals surface area contributed by atoms with Crippen molar-refractivity contribution in [2.45, 2.75) is 26.2 Å². The van der Waals surface area contributed by atoms with Crippen molar-refractivity contribution in [2.24, 2.45) is 5.16 Å². The summed E-state index contributed by atoms with van der Waals surface area (Å²) in [5.74, 6) is -0.617. The minimum absolute atomic E-state index is 0.0270. The van der Waals surface area contributed by atoms with E-state index in [1.165, 1.54) is 12.3 Å². The van der Waals surface area contributed by atoms with Crippen LogP contribution in [0.4, 0.5) is 4.39 Å². The molecule has 138 valence electrons. The normalized spacial score (nSPS) is 12.8. The number of nitrogens with zero attached hydrogens (tertiary/aromatic N) is 2. The van der Waals surface area contributed by atoms with Crippen LogP contribution in [0.5, 0.6) is 0 Å². The van der Waals surface area contributed by atoms with Gasteiger partial charge in [-0.1, -0.05) is 57.5 Å². The Morgan fingerprint density at radius 3 is 2.48 bits per heavy atom. The molecule has 1 N–H and O–H groups in total. The summed E-state index contributed by atoms with van der Waals surface area (Å²) in [6, 6.07) is 17.6. The van der Waals surface area contributed by atoms with E-state index in [0.29, 0.717) is 17.7 Å². The van der Waals surface area contributed by atoms with Gasteiger partial charge in [0.05, 0.1) is 5.71 Å². The Bertz CT molecular complexity index is 970. The number of aromatic nitrogens is 1. The molecule has 0 aliphatic heterocycles. The number of pyridine rings is 1. The highest BCUT2D eigenvalue weighted by Gasteiger charge is 2.21. The molecule has 0 spiro atoms. The molecule has 0 bridgehead atoms. The molecule has 1 atom stereocenters. The van der Waals surface area contributed by atoms with Crippen molar-refractivity contribution in [3.8, 4) is 0 Å². The molecule has 0 amide bonds. The highest BCUT2D eigenvalue weighted by molar-refractivity contribution is 9.10. The molecule has 0 saturated heterocycles. The summed E-state index contributed by atoms with van der Waals surface area (Å²) in [6.07, 6.45) is 1.89. The van der Waals surface area contributed by atoms with Crippen molar-refractivity contribution in [2.75, 3.05) is 0 Å². The number of aryl methyl sites for hydroxylation is 2. The van der Waals surface area contributed by atoms with Gasteiger partial charge in [0.2, 0.25) is 5.95 Å². The molecule has 3 nitrogen and oxygen atoms in total. The number of hydrogen-bond donors (Lipinski definition) is 1. The van der Waals surface area contributed by atoms with Crippen molar-refractivity contribution in [1.29, 1.82) is 0 Å². The third-order valence-corrected chi connectivity index (χ3v) is 5.26. The van der Waals surface area contributed by atoms with Gasteiger partial charge in [-0.05, 0) is 48.2 Å². The summed E-state index contributed by atoms with van der Waals surface area (Å²) in [5.41, 5.74) is 5.17. The van der Waals surface area contributed by atoms with E-state index in [0.717, 1.165) is 26.7 Å². The second kappa shape index (κ2) is 8.44. The molecule has 3 aromatic rings. The van der Waals surface area contributed by atoms with Crippen molar-refractivity contribution in [3.05, 3.63) is 99.0 Å². The van der Waals surface area contributed by atoms with Crippen molar-refractivity contribution >= 4 is 21.6 Å². The van der Waals surface area contributed by atoms with Crippen LogP contribution in [-0.2, 0) is 0 Å². The van der Waals surface area contributed by atoms with Crippen LogP contribution >= 0.6 is 15.9 Å². The Hall–Kier alpha value is -2.53.